The molecule has 1 saturated heterocycles. The lowest BCUT2D eigenvalue weighted by Gasteiger charge is -2.29. The van der Waals surface area contributed by atoms with E-state index in [1.165, 1.54) is 4.90 Å². The molecule has 2 heterocycles. The van der Waals surface area contributed by atoms with Gasteiger partial charge in [0.05, 0.1) is 6.54 Å². The van der Waals surface area contributed by atoms with Crippen LogP contribution in [0.3, 0.4) is 0 Å². The van der Waals surface area contributed by atoms with E-state index < -0.39 is 24.0 Å². The van der Waals surface area contributed by atoms with Crippen molar-refractivity contribution in [3.63, 3.8) is 0 Å². The van der Waals surface area contributed by atoms with Gasteiger partial charge in [0, 0.05) is 18.7 Å². The Hall–Kier alpha value is -2.25. The second kappa shape index (κ2) is 6.33. The van der Waals surface area contributed by atoms with E-state index in [2.05, 4.69) is 0 Å². The van der Waals surface area contributed by atoms with E-state index in [0.717, 1.165) is 5.56 Å². The predicted molar refractivity (Wildman–Crippen MR) is 78.1 cm³/mol. The third-order valence-electron chi connectivity index (χ3n) is 4.31. The van der Waals surface area contributed by atoms with Crippen LogP contribution < -0.4 is 4.74 Å². The molecule has 0 aliphatic carbocycles. The standard InChI is InChI=1S/C16H17F3N2O3/c17-16(18,19)15(23)21-7-3-5-12(21)14(22)20-8-9-24-13-6-2-1-4-11(13)10-20/h1-2,4,6,12H,3,5,7-10H2. The lowest BCUT2D eigenvalue weighted by atomic mass is 10.1. The summed E-state index contributed by atoms with van der Waals surface area (Å²) >= 11 is 0. The smallest absolute Gasteiger partial charge is 0.471 e. The van der Waals surface area contributed by atoms with Crippen molar-refractivity contribution in [2.45, 2.75) is 31.6 Å². The highest BCUT2D eigenvalue weighted by Crippen LogP contribution is 2.28. The Balaban J connectivity index is 1.77. The van der Waals surface area contributed by atoms with Crippen LogP contribution in [0.1, 0.15) is 18.4 Å². The highest BCUT2D eigenvalue weighted by Gasteiger charge is 2.48. The highest BCUT2D eigenvalue weighted by molar-refractivity contribution is 5.90. The van der Waals surface area contributed by atoms with Crippen LogP contribution >= 0.6 is 0 Å². The molecule has 8 heteroatoms. The van der Waals surface area contributed by atoms with Crippen LogP contribution in [0.2, 0.25) is 0 Å². The summed E-state index contributed by atoms with van der Waals surface area (Å²) in [5.74, 6) is -1.72. The molecule has 1 atom stereocenters. The number of hydrogen-bond acceptors (Lipinski definition) is 3. The van der Waals surface area contributed by atoms with Gasteiger partial charge in [0.25, 0.3) is 0 Å². The third kappa shape index (κ3) is 3.18. The van der Waals surface area contributed by atoms with Gasteiger partial charge in [0.1, 0.15) is 18.4 Å². The molecular formula is C16H17F3N2O3. The first-order valence-electron chi connectivity index (χ1n) is 7.75. The predicted octanol–water partition coefficient (Wildman–Crippen LogP) is 1.96. The molecule has 2 aliphatic heterocycles. The molecule has 0 radical (unpaired) electrons. The Morgan fingerprint density at radius 3 is 2.67 bits per heavy atom. The molecule has 5 nitrogen and oxygen atoms in total. The van der Waals surface area contributed by atoms with Crippen LogP contribution in [0.15, 0.2) is 24.3 Å². The second-order valence-corrected chi connectivity index (χ2v) is 5.87. The summed E-state index contributed by atoms with van der Waals surface area (Å²) in [6.07, 6.45) is -4.32. The number of hydrogen-bond donors (Lipinski definition) is 0. The van der Waals surface area contributed by atoms with Crippen molar-refractivity contribution in [2.24, 2.45) is 0 Å². The van der Waals surface area contributed by atoms with Gasteiger partial charge in [-0.15, -0.1) is 0 Å². The van der Waals surface area contributed by atoms with E-state index in [1.54, 1.807) is 6.07 Å². The minimum atomic E-state index is -4.96. The average Bonchev–Trinajstić information content (AvgIpc) is 2.92. The second-order valence-electron chi connectivity index (χ2n) is 5.87. The van der Waals surface area contributed by atoms with Gasteiger partial charge in [-0.25, -0.2) is 0 Å². The number of amides is 2. The molecule has 24 heavy (non-hydrogen) atoms. The number of carbonyl (C=O) groups excluding carboxylic acids is 2. The minimum absolute atomic E-state index is 0.0460. The molecular weight excluding hydrogens is 325 g/mol. The van der Waals surface area contributed by atoms with Crippen LogP contribution in [0.25, 0.3) is 0 Å². The van der Waals surface area contributed by atoms with Crippen LogP contribution in [-0.4, -0.2) is 53.5 Å². The number of ether oxygens (including phenoxy) is 1. The highest BCUT2D eigenvalue weighted by atomic mass is 19.4. The van der Waals surface area contributed by atoms with Gasteiger partial charge in [0.15, 0.2) is 0 Å². The first-order valence-corrected chi connectivity index (χ1v) is 7.75. The summed E-state index contributed by atoms with van der Waals surface area (Å²) in [5.41, 5.74) is 0.801. The van der Waals surface area contributed by atoms with E-state index in [0.29, 0.717) is 17.1 Å². The van der Waals surface area contributed by atoms with E-state index in [4.69, 9.17) is 4.74 Å². The Labute approximate surface area is 137 Å². The van der Waals surface area contributed by atoms with E-state index in [9.17, 15) is 22.8 Å². The lowest BCUT2D eigenvalue weighted by molar-refractivity contribution is -0.187. The van der Waals surface area contributed by atoms with Crippen LogP contribution in [0, 0.1) is 0 Å². The number of halogens is 3. The normalized spacial score (nSPS) is 21.0. The fraction of sp³-hybridized carbons (Fsp3) is 0.500. The molecule has 1 aromatic rings. The first kappa shape index (κ1) is 16.6. The molecule has 1 unspecified atom stereocenters. The first-order chi connectivity index (χ1) is 11.4. The monoisotopic (exact) mass is 342 g/mol. The number of nitrogens with zero attached hydrogens (tertiary/aromatic N) is 2. The SMILES string of the molecule is O=C(C1CCCN1C(=O)C(F)(F)F)N1CCOc2ccccc2C1. The molecule has 2 aliphatic rings. The van der Waals surface area contributed by atoms with Gasteiger partial charge in [-0.3, -0.25) is 9.59 Å². The Bertz CT molecular complexity index is 648. The molecule has 3 rings (SSSR count). The number of alkyl halides is 3. The lowest BCUT2D eigenvalue weighted by Crippen LogP contribution is -2.51. The number of rotatable bonds is 1. The third-order valence-corrected chi connectivity index (χ3v) is 4.31. The molecule has 2 amide bonds. The molecule has 0 N–H and O–H groups in total. The fourth-order valence-corrected chi connectivity index (χ4v) is 3.15. The summed E-state index contributed by atoms with van der Waals surface area (Å²) in [6, 6.07) is 6.18. The molecule has 0 saturated carbocycles. The largest absolute Gasteiger partial charge is 0.491 e. The van der Waals surface area contributed by atoms with Crippen molar-refractivity contribution >= 4 is 11.8 Å². The van der Waals surface area contributed by atoms with Crippen molar-refractivity contribution in [1.29, 1.82) is 0 Å². The maximum atomic E-state index is 12.7. The molecule has 1 fully saturated rings. The van der Waals surface area contributed by atoms with Crippen molar-refractivity contribution in [3.05, 3.63) is 29.8 Å². The Kier molecular flexibility index (Phi) is 4.38. The van der Waals surface area contributed by atoms with Gasteiger partial charge >= 0.3 is 12.1 Å². The number of likely N-dealkylation sites (tertiary alicyclic amines) is 1. The van der Waals surface area contributed by atoms with Crippen LogP contribution in [-0.2, 0) is 16.1 Å². The van der Waals surface area contributed by atoms with Gasteiger partial charge in [0.2, 0.25) is 5.91 Å². The number of carbonyl (C=O) groups is 2. The summed E-state index contributed by atoms with van der Waals surface area (Å²) in [4.78, 5) is 26.4. The maximum Gasteiger partial charge on any atom is 0.471 e. The van der Waals surface area contributed by atoms with Crippen LogP contribution in [0.5, 0.6) is 5.75 Å². The zero-order chi connectivity index (χ0) is 17.3. The Morgan fingerprint density at radius 1 is 1.17 bits per heavy atom. The van der Waals surface area contributed by atoms with Gasteiger partial charge in [-0.1, -0.05) is 18.2 Å². The van der Waals surface area contributed by atoms with Gasteiger partial charge in [-0.2, -0.15) is 13.2 Å². The Morgan fingerprint density at radius 2 is 1.92 bits per heavy atom. The number of para-hydroxylation sites is 1. The summed E-state index contributed by atoms with van der Waals surface area (Å²) in [7, 11) is 0. The zero-order valence-corrected chi connectivity index (χ0v) is 12.9. The van der Waals surface area contributed by atoms with Gasteiger partial charge < -0.3 is 14.5 Å². The van der Waals surface area contributed by atoms with Crippen LogP contribution in [0.4, 0.5) is 13.2 Å². The van der Waals surface area contributed by atoms with Crippen molar-refractivity contribution < 1.29 is 27.5 Å². The van der Waals surface area contributed by atoms with E-state index >= 15 is 0 Å². The molecule has 0 aromatic heterocycles. The maximum absolute atomic E-state index is 12.7. The summed E-state index contributed by atoms with van der Waals surface area (Å²) < 4.78 is 43.7. The number of benzene rings is 1. The average molecular weight is 342 g/mol. The van der Waals surface area contributed by atoms with Crippen molar-refractivity contribution in [1.82, 2.24) is 9.80 Å². The zero-order valence-electron chi connectivity index (χ0n) is 12.9. The topological polar surface area (TPSA) is 49.9 Å². The minimum Gasteiger partial charge on any atom is -0.491 e. The molecule has 0 spiro atoms. The quantitative estimate of drug-likeness (QED) is 0.784. The van der Waals surface area contributed by atoms with Crippen molar-refractivity contribution in [3.8, 4) is 5.75 Å². The molecule has 130 valence electrons. The fourth-order valence-electron chi connectivity index (χ4n) is 3.15. The van der Waals surface area contributed by atoms with E-state index in [1.807, 2.05) is 18.2 Å². The summed E-state index contributed by atoms with van der Waals surface area (Å²) in [5, 5.41) is 0. The molecule has 0 bridgehead atoms. The van der Waals surface area contributed by atoms with Crippen molar-refractivity contribution in [2.75, 3.05) is 19.7 Å². The summed E-state index contributed by atoms with van der Waals surface area (Å²) in [6.45, 7) is 0.760. The van der Waals surface area contributed by atoms with E-state index in [-0.39, 0.29) is 32.7 Å². The number of fused-ring (bicyclic) bond motifs is 1. The molecule has 1 aromatic carbocycles. The van der Waals surface area contributed by atoms with Gasteiger partial charge in [-0.05, 0) is 18.9 Å².